The first-order valence-electron chi connectivity index (χ1n) is 5.74. The number of amides is 1. The third-order valence-electron chi connectivity index (χ3n) is 2.63. The van der Waals surface area contributed by atoms with Gasteiger partial charge in [-0.15, -0.1) is 0 Å². The molecule has 1 aromatic rings. The summed E-state index contributed by atoms with van der Waals surface area (Å²) in [7, 11) is 1.44. The van der Waals surface area contributed by atoms with Crippen LogP contribution < -0.4 is 10.1 Å². The molecule has 6 heteroatoms. The van der Waals surface area contributed by atoms with Gasteiger partial charge in [-0.05, 0) is 24.1 Å². The normalized spacial score (nSPS) is 12.1. The molecule has 0 bridgehead atoms. The molecule has 0 saturated carbocycles. The van der Waals surface area contributed by atoms with Crippen molar-refractivity contribution in [1.82, 2.24) is 5.32 Å². The largest absolute Gasteiger partial charge is 0.495 e. The van der Waals surface area contributed by atoms with Crippen molar-refractivity contribution in [1.29, 1.82) is 0 Å². The lowest BCUT2D eigenvalue weighted by molar-refractivity contribution is -0.140. The Balaban J connectivity index is 2.91. The van der Waals surface area contributed by atoms with Crippen LogP contribution in [-0.2, 0) is 4.79 Å². The number of carboxylic acids is 1. The molecule has 1 rings (SSSR count). The predicted octanol–water partition coefficient (Wildman–Crippen LogP) is 2.19. The maximum absolute atomic E-state index is 12.0. The average molecular weight is 286 g/mol. The summed E-state index contributed by atoms with van der Waals surface area (Å²) in [5.74, 6) is -1.39. The molecule has 1 unspecified atom stereocenters. The van der Waals surface area contributed by atoms with Crippen LogP contribution in [0.4, 0.5) is 0 Å². The van der Waals surface area contributed by atoms with Gasteiger partial charge in [0.05, 0.1) is 12.1 Å². The molecule has 0 radical (unpaired) electrons. The lowest BCUT2D eigenvalue weighted by Gasteiger charge is -2.18. The molecule has 1 amide bonds. The molecular weight excluding hydrogens is 270 g/mol. The number of aliphatic carboxylic acids is 1. The van der Waals surface area contributed by atoms with E-state index < -0.39 is 17.9 Å². The van der Waals surface area contributed by atoms with E-state index in [4.69, 9.17) is 21.4 Å². The molecule has 0 aliphatic rings. The van der Waals surface area contributed by atoms with E-state index in [1.807, 2.05) is 0 Å². The van der Waals surface area contributed by atoms with Gasteiger partial charge in [0.2, 0.25) is 0 Å². The zero-order valence-corrected chi connectivity index (χ0v) is 11.7. The smallest absolute Gasteiger partial charge is 0.326 e. The summed E-state index contributed by atoms with van der Waals surface area (Å²) in [6, 6.07) is 3.57. The van der Waals surface area contributed by atoms with E-state index in [9.17, 15) is 9.59 Å². The van der Waals surface area contributed by atoms with Crippen molar-refractivity contribution >= 4 is 23.5 Å². The number of rotatable bonds is 5. The van der Waals surface area contributed by atoms with Crippen molar-refractivity contribution in [3.05, 3.63) is 28.8 Å². The van der Waals surface area contributed by atoms with Crippen LogP contribution in [0.5, 0.6) is 5.75 Å². The Morgan fingerprint density at radius 1 is 1.37 bits per heavy atom. The highest BCUT2D eigenvalue weighted by Gasteiger charge is 2.24. The summed E-state index contributed by atoms with van der Waals surface area (Å²) in [5.41, 5.74) is 0.299. The highest BCUT2D eigenvalue weighted by atomic mass is 35.5. The predicted molar refractivity (Wildman–Crippen MR) is 71.7 cm³/mol. The van der Waals surface area contributed by atoms with Gasteiger partial charge in [0, 0.05) is 5.56 Å². The van der Waals surface area contributed by atoms with E-state index in [1.165, 1.54) is 25.3 Å². The second-order valence-corrected chi connectivity index (χ2v) is 4.79. The number of carbonyl (C=O) groups excluding carboxylic acids is 1. The molecule has 104 valence electrons. The van der Waals surface area contributed by atoms with Gasteiger partial charge in [0.1, 0.15) is 11.8 Å². The Morgan fingerprint density at radius 3 is 2.47 bits per heavy atom. The van der Waals surface area contributed by atoms with Crippen molar-refractivity contribution in [3.8, 4) is 5.75 Å². The van der Waals surface area contributed by atoms with Crippen molar-refractivity contribution in [2.24, 2.45) is 5.92 Å². The molecule has 5 nitrogen and oxygen atoms in total. The molecule has 1 atom stereocenters. The van der Waals surface area contributed by atoms with Gasteiger partial charge in [0.15, 0.2) is 0 Å². The molecule has 19 heavy (non-hydrogen) atoms. The third kappa shape index (κ3) is 3.86. The minimum Gasteiger partial charge on any atom is -0.495 e. The van der Waals surface area contributed by atoms with Crippen molar-refractivity contribution in [2.45, 2.75) is 19.9 Å². The molecule has 0 aliphatic heterocycles. The molecule has 1 aromatic carbocycles. The number of carboxylic acid groups (broad SMARTS) is 1. The first-order chi connectivity index (χ1) is 8.86. The molecule has 0 spiro atoms. The van der Waals surface area contributed by atoms with E-state index in [-0.39, 0.29) is 5.92 Å². The Labute approximate surface area is 116 Å². The van der Waals surface area contributed by atoms with Gasteiger partial charge in [0.25, 0.3) is 5.91 Å². The van der Waals surface area contributed by atoms with E-state index in [0.717, 1.165) is 0 Å². The molecule has 0 fully saturated rings. The Bertz CT molecular complexity index is 488. The van der Waals surface area contributed by atoms with Crippen LogP contribution in [0.25, 0.3) is 0 Å². The van der Waals surface area contributed by atoms with Crippen LogP contribution in [0.3, 0.4) is 0 Å². The van der Waals surface area contributed by atoms with Crippen LogP contribution in [0.1, 0.15) is 24.2 Å². The SMILES string of the molecule is COc1cc(C(=O)NC(C(=O)O)C(C)C)ccc1Cl. The first-order valence-corrected chi connectivity index (χ1v) is 6.11. The van der Waals surface area contributed by atoms with Crippen molar-refractivity contribution in [3.63, 3.8) is 0 Å². The molecule has 0 heterocycles. The molecule has 2 N–H and O–H groups in total. The topological polar surface area (TPSA) is 75.6 Å². The van der Waals surface area contributed by atoms with E-state index in [1.54, 1.807) is 13.8 Å². The minimum atomic E-state index is -1.07. The fourth-order valence-electron chi connectivity index (χ4n) is 1.54. The van der Waals surface area contributed by atoms with Crippen LogP contribution >= 0.6 is 11.6 Å². The number of methoxy groups -OCH3 is 1. The van der Waals surface area contributed by atoms with E-state index in [2.05, 4.69) is 5.32 Å². The van der Waals surface area contributed by atoms with Crippen LogP contribution in [0, 0.1) is 5.92 Å². The van der Waals surface area contributed by atoms with Crippen LogP contribution in [0.15, 0.2) is 18.2 Å². The summed E-state index contributed by atoms with van der Waals surface area (Å²) < 4.78 is 5.01. The zero-order chi connectivity index (χ0) is 14.6. The average Bonchev–Trinajstić information content (AvgIpc) is 2.35. The van der Waals surface area contributed by atoms with Crippen molar-refractivity contribution in [2.75, 3.05) is 7.11 Å². The number of hydrogen-bond acceptors (Lipinski definition) is 3. The van der Waals surface area contributed by atoms with E-state index >= 15 is 0 Å². The highest BCUT2D eigenvalue weighted by molar-refractivity contribution is 6.32. The van der Waals surface area contributed by atoms with Gasteiger partial charge in [-0.2, -0.15) is 0 Å². The van der Waals surface area contributed by atoms with Gasteiger partial charge in [-0.25, -0.2) is 4.79 Å². The maximum Gasteiger partial charge on any atom is 0.326 e. The fraction of sp³-hybridized carbons (Fsp3) is 0.385. The molecule has 0 aliphatic carbocycles. The number of benzene rings is 1. The van der Waals surface area contributed by atoms with Gasteiger partial charge < -0.3 is 15.2 Å². The first kappa shape index (κ1) is 15.3. The molecule has 0 aromatic heterocycles. The number of ether oxygens (including phenoxy) is 1. The zero-order valence-electron chi connectivity index (χ0n) is 10.9. The summed E-state index contributed by atoms with van der Waals surface area (Å²) in [6.07, 6.45) is 0. The van der Waals surface area contributed by atoms with Gasteiger partial charge in [-0.3, -0.25) is 4.79 Å². The van der Waals surface area contributed by atoms with Crippen LogP contribution in [0.2, 0.25) is 5.02 Å². The summed E-state index contributed by atoms with van der Waals surface area (Å²) in [6.45, 7) is 3.45. The number of hydrogen-bond donors (Lipinski definition) is 2. The second kappa shape index (κ2) is 6.43. The Hall–Kier alpha value is -1.75. The monoisotopic (exact) mass is 285 g/mol. The maximum atomic E-state index is 12.0. The Morgan fingerprint density at radius 2 is 2.00 bits per heavy atom. The number of carbonyl (C=O) groups is 2. The number of nitrogens with one attached hydrogen (secondary N) is 1. The van der Waals surface area contributed by atoms with Crippen LogP contribution in [-0.4, -0.2) is 30.1 Å². The second-order valence-electron chi connectivity index (χ2n) is 4.38. The molecule has 0 saturated heterocycles. The number of halogens is 1. The standard InChI is InChI=1S/C13H16ClNO4/c1-7(2)11(13(17)18)15-12(16)8-4-5-9(14)10(6-8)19-3/h4-7,11H,1-3H3,(H,15,16)(H,17,18). The summed E-state index contributed by atoms with van der Waals surface area (Å²) in [4.78, 5) is 23.0. The lowest BCUT2D eigenvalue weighted by atomic mass is 10.0. The Kier molecular flexibility index (Phi) is 5.18. The van der Waals surface area contributed by atoms with Gasteiger partial charge in [-0.1, -0.05) is 25.4 Å². The van der Waals surface area contributed by atoms with E-state index in [0.29, 0.717) is 16.3 Å². The van der Waals surface area contributed by atoms with Gasteiger partial charge >= 0.3 is 5.97 Å². The summed E-state index contributed by atoms with van der Waals surface area (Å²) in [5, 5.41) is 11.9. The van der Waals surface area contributed by atoms with Crippen molar-refractivity contribution < 1.29 is 19.4 Å². The quantitative estimate of drug-likeness (QED) is 0.869. The summed E-state index contributed by atoms with van der Waals surface area (Å²) >= 11 is 5.86. The molecular formula is C13H16ClNO4. The highest BCUT2D eigenvalue weighted by Crippen LogP contribution is 2.25. The fourth-order valence-corrected chi connectivity index (χ4v) is 1.73. The lowest BCUT2D eigenvalue weighted by Crippen LogP contribution is -2.44. The minimum absolute atomic E-state index is 0.212. The third-order valence-corrected chi connectivity index (χ3v) is 2.94.